The van der Waals surface area contributed by atoms with Crippen LogP contribution < -0.4 is 10.6 Å². The van der Waals surface area contributed by atoms with Gasteiger partial charge in [-0.05, 0) is 51.0 Å². The molecule has 1 aromatic carbocycles. The van der Waals surface area contributed by atoms with Crippen LogP contribution in [0.15, 0.2) is 42.7 Å². The van der Waals surface area contributed by atoms with Crippen LogP contribution in [0, 0.1) is 0 Å². The Labute approximate surface area is 143 Å². The summed E-state index contributed by atoms with van der Waals surface area (Å²) in [5.74, 6) is 0. The van der Waals surface area contributed by atoms with Crippen molar-refractivity contribution in [2.45, 2.75) is 45.4 Å². The minimum Gasteiger partial charge on any atom is -0.379 e. The van der Waals surface area contributed by atoms with Gasteiger partial charge in [0.25, 0.3) is 0 Å². The summed E-state index contributed by atoms with van der Waals surface area (Å²) < 4.78 is 7.24. The highest BCUT2D eigenvalue weighted by molar-refractivity contribution is 5.89. The van der Waals surface area contributed by atoms with Crippen LogP contribution in [-0.4, -0.2) is 34.6 Å². The van der Waals surface area contributed by atoms with E-state index in [1.807, 2.05) is 62.0 Å². The second-order valence-corrected chi connectivity index (χ2v) is 6.57. The van der Waals surface area contributed by atoms with Gasteiger partial charge in [0, 0.05) is 31.2 Å². The van der Waals surface area contributed by atoms with E-state index < -0.39 is 0 Å². The molecule has 0 bridgehead atoms. The van der Waals surface area contributed by atoms with E-state index in [9.17, 15) is 4.79 Å². The van der Waals surface area contributed by atoms with Crippen molar-refractivity contribution in [2.75, 3.05) is 12.4 Å². The number of ether oxygens (including phenoxy) is 1. The zero-order valence-electron chi connectivity index (χ0n) is 14.7. The van der Waals surface area contributed by atoms with Crippen molar-refractivity contribution in [3.8, 4) is 0 Å². The number of carbonyl (C=O) groups is 1. The highest BCUT2D eigenvalue weighted by Crippen LogP contribution is 2.16. The summed E-state index contributed by atoms with van der Waals surface area (Å²) >= 11 is 0. The number of rotatable bonds is 7. The number of hydrogen-bond donors (Lipinski definition) is 2. The van der Waals surface area contributed by atoms with Crippen molar-refractivity contribution < 1.29 is 9.53 Å². The van der Waals surface area contributed by atoms with Gasteiger partial charge in [0.15, 0.2) is 0 Å². The van der Waals surface area contributed by atoms with Gasteiger partial charge in [-0.15, -0.1) is 0 Å². The zero-order valence-corrected chi connectivity index (χ0v) is 14.7. The number of methoxy groups -OCH3 is 1. The topological polar surface area (TPSA) is 68.2 Å². The summed E-state index contributed by atoms with van der Waals surface area (Å²) in [5.41, 5.74) is 1.57. The smallest absolute Gasteiger partial charge is 0.319 e. The van der Waals surface area contributed by atoms with E-state index in [1.54, 1.807) is 13.3 Å². The first-order chi connectivity index (χ1) is 11.4. The van der Waals surface area contributed by atoms with Gasteiger partial charge in [0.2, 0.25) is 0 Å². The van der Waals surface area contributed by atoms with Gasteiger partial charge >= 0.3 is 6.03 Å². The molecular weight excluding hydrogens is 304 g/mol. The second kappa shape index (κ2) is 7.97. The predicted octanol–water partition coefficient (Wildman–Crippen LogP) is 3.26. The van der Waals surface area contributed by atoms with Gasteiger partial charge in [-0.2, -0.15) is 5.10 Å². The van der Waals surface area contributed by atoms with Crippen LogP contribution in [-0.2, 0) is 11.3 Å². The molecule has 2 aromatic rings. The largest absolute Gasteiger partial charge is 0.379 e. The van der Waals surface area contributed by atoms with Crippen LogP contribution >= 0.6 is 0 Å². The number of benzene rings is 1. The van der Waals surface area contributed by atoms with Gasteiger partial charge < -0.3 is 15.4 Å². The molecule has 1 atom stereocenters. The average molecular weight is 330 g/mol. The van der Waals surface area contributed by atoms with Gasteiger partial charge in [0.05, 0.1) is 12.1 Å². The third-order valence-electron chi connectivity index (χ3n) is 3.82. The standard InChI is InChI=1S/C18H26N4O2/c1-14(12-18(2,3)24-4)20-17(23)21-16-8-5-7-15(11-16)13-22-10-6-9-19-22/h5-11,14H,12-13H2,1-4H3,(H2,20,21,23)/t14-/m1/s1. The fourth-order valence-electron chi connectivity index (χ4n) is 2.59. The molecule has 0 aliphatic carbocycles. The first-order valence-electron chi connectivity index (χ1n) is 8.07. The molecule has 0 aliphatic rings. The number of hydrogen-bond acceptors (Lipinski definition) is 3. The normalized spacial score (nSPS) is 12.7. The van der Waals surface area contributed by atoms with Crippen LogP contribution in [0.2, 0.25) is 0 Å². The van der Waals surface area contributed by atoms with E-state index in [0.717, 1.165) is 17.7 Å². The van der Waals surface area contributed by atoms with E-state index in [0.29, 0.717) is 6.54 Å². The molecule has 0 radical (unpaired) electrons. The van der Waals surface area contributed by atoms with E-state index in [4.69, 9.17) is 4.74 Å². The van der Waals surface area contributed by atoms with Crippen LogP contribution in [0.25, 0.3) is 0 Å². The Morgan fingerprint density at radius 2 is 2.17 bits per heavy atom. The van der Waals surface area contributed by atoms with Crippen molar-refractivity contribution >= 4 is 11.7 Å². The monoisotopic (exact) mass is 330 g/mol. The molecule has 6 nitrogen and oxygen atoms in total. The maximum absolute atomic E-state index is 12.1. The second-order valence-electron chi connectivity index (χ2n) is 6.57. The maximum atomic E-state index is 12.1. The van der Waals surface area contributed by atoms with Gasteiger partial charge in [-0.1, -0.05) is 12.1 Å². The van der Waals surface area contributed by atoms with Crippen LogP contribution in [0.1, 0.15) is 32.8 Å². The summed E-state index contributed by atoms with van der Waals surface area (Å²) in [6.45, 7) is 6.64. The first kappa shape index (κ1) is 18.0. The lowest BCUT2D eigenvalue weighted by Crippen LogP contribution is -2.40. The van der Waals surface area contributed by atoms with Gasteiger partial charge in [0.1, 0.15) is 0 Å². The number of anilines is 1. The minimum atomic E-state index is -0.267. The highest BCUT2D eigenvalue weighted by Gasteiger charge is 2.21. The van der Waals surface area contributed by atoms with Crippen molar-refractivity contribution in [2.24, 2.45) is 0 Å². The SMILES string of the molecule is COC(C)(C)C[C@@H](C)NC(=O)Nc1cccc(Cn2cccn2)c1. The predicted molar refractivity (Wildman–Crippen MR) is 95.1 cm³/mol. The number of aromatic nitrogens is 2. The van der Waals surface area contributed by atoms with Crippen molar-refractivity contribution in [3.05, 3.63) is 48.3 Å². The maximum Gasteiger partial charge on any atom is 0.319 e. The van der Waals surface area contributed by atoms with E-state index in [2.05, 4.69) is 15.7 Å². The van der Waals surface area contributed by atoms with Crippen LogP contribution in [0.3, 0.4) is 0 Å². The molecule has 2 amide bonds. The molecule has 6 heteroatoms. The Kier molecular flexibility index (Phi) is 5.98. The molecule has 130 valence electrons. The average Bonchev–Trinajstić information content (AvgIpc) is 2.99. The third kappa shape index (κ3) is 5.70. The Balaban J connectivity index is 1.89. The van der Waals surface area contributed by atoms with E-state index in [1.165, 1.54) is 0 Å². The fraction of sp³-hybridized carbons (Fsp3) is 0.444. The summed E-state index contributed by atoms with van der Waals surface area (Å²) in [7, 11) is 1.68. The molecule has 0 fully saturated rings. The number of carbonyl (C=O) groups excluding carboxylic acids is 1. The van der Waals surface area contributed by atoms with Gasteiger partial charge in [-0.3, -0.25) is 4.68 Å². The molecule has 0 aliphatic heterocycles. The summed E-state index contributed by atoms with van der Waals surface area (Å²) in [5, 5.41) is 10.0. The molecule has 0 unspecified atom stereocenters. The lowest BCUT2D eigenvalue weighted by Gasteiger charge is -2.27. The fourth-order valence-corrected chi connectivity index (χ4v) is 2.59. The minimum absolute atomic E-state index is 0.00667. The molecule has 1 aromatic heterocycles. The number of nitrogens with zero attached hydrogens (tertiary/aromatic N) is 2. The van der Waals surface area contributed by atoms with E-state index >= 15 is 0 Å². The molecular formula is C18H26N4O2. The quantitative estimate of drug-likeness (QED) is 0.819. The summed E-state index contributed by atoms with van der Waals surface area (Å²) in [6, 6.07) is 9.43. The lowest BCUT2D eigenvalue weighted by atomic mass is 10.00. The highest BCUT2D eigenvalue weighted by atomic mass is 16.5. The Bertz CT molecular complexity index is 653. The Morgan fingerprint density at radius 1 is 1.38 bits per heavy atom. The Hall–Kier alpha value is -2.34. The summed E-state index contributed by atoms with van der Waals surface area (Å²) in [4.78, 5) is 12.1. The number of amides is 2. The zero-order chi connectivity index (χ0) is 17.6. The van der Waals surface area contributed by atoms with Crippen molar-refractivity contribution in [1.29, 1.82) is 0 Å². The Morgan fingerprint density at radius 3 is 2.83 bits per heavy atom. The third-order valence-corrected chi connectivity index (χ3v) is 3.82. The number of nitrogens with one attached hydrogen (secondary N) is 2. The first-order valence-corrected chi connectivity index (χ1v) is 8.07. The van der Waals surface area contributed by atoms with Crippen LogP contribution in [0.5, 0.6) is 0 Å². The molecule has 0 saturated heterocycles. The van der Waals surface area contributed by atoms with Crippen molar-refractivity contribution in [3.63, 3.8) is 0 Å². The van der Waals surface area contributed by atoms with Crippen LogP contribution in [0.4, 0.5) is 10.5 Å². The molecule has 0 saturated carbocycles. The molecule has 24 heavy (non-hydrogen) atoms. The van der Waals surface area contributed by atoms with E-state index in [-0.39, 0.29) is 17.7 Å². The summed E-state index contributed by atoms with van der Waals surface area (Å²) in [6.07, 6.45) is 4.39. The lowest BCUT2D eigenvalue weighted by molar-refractivity contribution is 0.00963. The van der Waals surface area contributed by atoms with Crippen molar-refractivity contribution in [1.82, 2.24) is 15.1 Å². The molecule has 2 rings (SSSR count). The molecule has 2 N–H and O–H groups in total. The number of urea groups is 1. The molecule has 1 heterocycles. The van der Waals surface area contributed by atoms with Gasteiger partial charge in [-0.25, -0.2) is 4.79 Å². The molecule has 0 spiro atoms.